The maximum atomic E-state index is 13.1. The second-order valence-electron chi connectivity index (χ2n) is 6.59. The lowest BCUT2D eigenvalue weighted by Crippen LogP contribution is -2.37. The highest BCUT2D eigenvalue weighted by Crippen LogP contribution is 2.37. The molecule has 2 amide bonds. The van der Waals surface area contributed by atoms with Crippen molar-refractivity contribution in [1.82, 2.24) is 0 Å². The summed E-state index contributed by atoms with van der Waals surface area (Å²) in [7, 11) is -3.16. The Labute approximate surface area is 147 Å². The zero-order valence-electron chi connectivity index (χ0n) is 14.0. The molecular formula is C19H20N2O3S. The summed E-state index contributed by atoms with van der Waals surface area (Å²) in [5, 5.41) is 0. The van der Waals surface area contributed by atoms with Crippen molar-refractivity contribution in [2.24, 2.45) is 0 Å². The van der Waals surface area contributed by atoms with Crippen molar-refractivity contribution in [3.8, 4) is 0 Å². The molecule has 0 spiro atoms. The summed E-state index contributed by atoms with van der Waals surface area (Å²) in [6, 6.07) is 16.3. The van der Waals surface area contributed by atoms with Gasteiger partial charge in [-0.1, -0.05) is 37.3 Å². The molecule has 2 aliphatic rings. The van der Waals surface area contributed by atoms with Crippen LogP contribution in [0.1, 0.15) is 12.5 Å². The van der Waals surface area contributed by atoms with Crippen LogP contribution in [0.15, 0.2) is 54.6 Å². The summed E-state index contributed by atoms with van der Waals surface area (Å²) >= 11 is 0. The molecule has 2 aromatic carbocycles. The Bertz CT molecular complexity index is 894. The summed E-state index contributed by atoms with van der Waals surface area (Å²) in [6.07, 6.45) is 0.921. The van der Waals surface area contributed by atoms with Crippen LogP contribution in [0.25, 0.3) is 0 Å². The molecule has 0 saturated carbocycles. The maximum absolute atomic E-state index is 13.1. The molecule has 25 heavy (non-hydrogen) atoms. The minimum atomic E-state index is -3.16. The van der Waals surface area contributed by atoms with Crippen LogP contribution in [0.2, 0.25) is 0 Å². The highest BCUT2D eigenvalue weighted by Gasteiger charge is 2.54. The Hall–Kier alpha value is -2.34. The number of benzene rings is 2. The normalized spacial score (nSPS) is 24.6. The van der Waals surface area contributed by atoms with Crippen molar-refractivity contribution in [3.63, 3.8) is 0 Å². The molecule has 4 rings (SSSR count). The fourth-order valence-electron chi connectivity index (χ4n) is 3.79. The zero-order chi connectivity index (χ0) is 17.6. The van der Waals surface area contributed by atoms with Crippen molar-refractivity contribution in [3.05, 3.63) is 60.2 Å². The number of para-hydroxylation sites is 1. The number of nitrogens with zero attached hydrogens (tertiary/aromatic N) is 2. The van der Waals surface area contributed by atoms with Crippen LogP contribution in [0.4, 0.5) is 16.2 Å². The number of anilines is 2. The van der Waals surface area contributed by atoms with E-state index in [9.17, 15) is 13.2 Å². The molecule has 0 unspecified atom stereocenters. The number of hydrogen-bond donors (Lipinski definition) is 0. The summed E-state index contributed by atoms with van der Waals surface area (Å²) < 4.78 is 24.5. The molecule has 0 radical (unpaired) electrons. The molecule has 5 nitrogen and oxygen atoms in total. The number of fused-ring (bicyclic) bond motifs is 1. The molecule has 0 aliphatic carbocycles. The SMILES string of the molecule is CCc1ccc(N2C(=O)N(c3ccccc3)[C@@H]3CS(=O)(=O)C[C@@H]32)cc1. The first-order valence-electron chi connectivity index (χ1n) is 8.47. The first-order chi connectivity index (χ1) is 12.0. The lowest BCUT2D eigenvalue weighted by molar-refractivity contribution is 0.255. The Morgan fingerprint density at radius 2 is 1.40 bits per heavy atom. The van der Waals surface area contributed by atoms with E-state index in [4.69, 9.17) is 0 Å². The first-order valence-corrected chi connectivity index (χ1v) is 10.3. The zero-order valence-corrected chi connectivity index (χ0v) is 14.8. The predicted molar refractivity (Wildman–Crippen MR) is 98.8 cm³/mol. The van der Waals surface area contributed by atoms with Crippen LogP contribution in [-0.4, -0.2) is 38.0 Å². The van der Waals surface area contributed by atoms with Crippen molar-refractivity contribution in [2.75, 3.05) is 21.3 Å². The number of rotatable bonds is 3. The molecule has 0 aromatic heterocycles. The van der Waals surface area contributed by atoms with Crippen molar-refractivity contribution >= 4 is 27.2 Å². The minimum Gasteiger partial charge on any atom is -0.288 e. The number of carbonyl (C=O) groups excluding carboxylic acids is 1. The van der Waals surface area contributed by atoms with Gasteiger partial charge in [0.2, 0.25) is 0 Å². The average molecular weight is 356 g/mol. The third-order valence-electron chi connectivity index (χ3n) is 5.03. The van der Waals surface area contributed by atoms with Gasteiger partial charge in [0.05, 0.1) is 23.6 Å². The van der Waals surface area contributed by atoms with Gasteiger partial charge in [-0.3, -0.25) is 9.80 Å². The van der Waals surface area contributed by atoms with Gasteiger partial charge in [-0.15, -0.1) is 0 Å². The van der Waals surface area contributed by atoms with Crippen LogP contribution >= 0.6 is 0 Å². The van der Waals surface area contributed by atoms with E-state index >= 15 is 0 Å². The smallest absolute Gasteiger partial charge is 0.288 e. The molecular weight excluding hydrogens is 336 g/mol. The van der Waals surface area contributed by atoms with E-state index in [1.807, 2.05) is 54.6 Å². The second-order valence-corrected chi connectivity index (χ2v) is 8.74. The van der Waals surface area contributed by atoms with Crippen LogP contribution < -0.4 is 9.80 Å². The molecule has 0 bridgehead atoms. The second kappa shape index (κ2) is 5.88. The molecule has 130 valence electrons. The molecule has 2 aromatic rings. The number of amides is 2. The fourth-order valence-corrected chi connectivity index (χ4v) is 5.71. The highest BCUT2D eigenvalue weighted by atomic mass is 32.2. The van der Waals surface area contributed by atoms with Gasteiger partial charge in [-0.2, -0.15) is 0 Å². The maximum Gasteiger partial charge on any atom is 0.329 e. The Kier molecular flexibility index (Phi) is 3.80. The lowest BCUT2D eigenvalue weighted by Gasteiger charge is -2.22. The van der Waals surface area contributed by atoms with Crippen LogP contribution in [0, 0.1) is 0 Å². The van der Waals surface area contributed by atoms with Gasteiger partial charge < -0.3 is 0 Å². The van der Waals surface area contributed by atoms with Gasteiger partial charge in [-0.25, -0.2) is 13.2 Å². The highest BCUT2D eigenvalue weighted by molar-refractivity contribution is 7.91. The van der Waals surface area contributed by atoms with Gasteiger partial charge in [0, 0.05) is 11.4 Å². The third kappa shape index (κ3) is 2.70. The number of aryl methyl sites for hydroxylation is 1. The summed E-state index contributed by atoms with van der Waals surface area (Å²) in [4.78, 5) is 16.4. The largest absolute Gasteiger partial charge is 0.329 e. The molecule has 2 fully saturated rings. The first kappa shape index (κ1) is 16.1. The van der Waals surface area contributed by atoms with E-state index in [2.05, 4.69) is 6.92 Å². The van der Waals surface area contributed by atoms with Gasteiger partial charge in [-0.05, 0) is 36.2 Å². The number of urea groups is 1. The Morgan fingerprint density at radius 1 is 0.880 bits per heavy atom. The van der Waals surface area contributed by atoms with E-state index in [0.717, 1.165) is 17.8 Å². The van der Waals surface area contributed by atoms with Crippen molar-refractivity contribution in [1.29, 1.82) is 0 Å². The Balaban J connectivity index is 1.77. The summed E-state index contributed by atoms with van der Waals surface area (Å²) in [5.74, 6) is 0.0319. The molecule has 2 atom stereocenters. The molecule has 2 saturated heterocycles. The molecule has 2 aliphatic heterocycles. The number of sulfone groups is 1. The number of carbonyl (C=O) groups is 1. The molecule has 2 heterocycles. The van der Waals surface area contributed by atoms with E-state index in [0.29, 0.717) is 0 Å². The van der Waals surface area contributed by atoms with Gasteiger partial charge >= 0.3 is 6.03 Å². The third-order valence-corrected chi connectivity index (χ3v) is 6.72. The van der Waals surface area contributed by atoms with E-state index in [-0.39, 0.29) is 29.6 Å². The van der Waals surface area contributed by atoms with Crippen molar-refractivity contribution < 1.29 is 13.2 Å². The van der Waals surface area contributed by atoms with Crippen molar-refractivity contribution in [2.45, 2.75) is 25.4 Å². The van der Waals surface area contributed by atoms with Gasteiger partial charge in [0.25, 0.3) is 0 Å². The van der Waals surface area contributed by atoms with Gasteiger partial charge in [0.15, 0.2) is 9.84 Å². The van der Waals surface area contributed by atoms with Crippen LogP contribution in [0.5, 0.6) is 0 Å². The number of hydrogen-bond acceptors (Lipinski definition) is 3. The van der Waals surface area contributed by atoms with E-state index in [1.165, 1.54) is 5.56 Å². The molecule has 6 heteroatoms. The van der Waals surface area contributed by atoms with E-state index < -0.39 is 9.84 Å². The summed E-state index contributed by atoms with van der Waals surface area (Å²) in [5.41, 5.74) is 2.69. The van der Waals surface area contributed by atoms with Crippen LogP contribution in [-0.2, 0) is 16.3 Å². The van der Waals surface area contributed by atoms with Crippen LogP contribution in [0.3, 0.4) is 0 Å². The topological polar surface area (TPSA) is 57.7 Å². The quantitative estimate of drug-likeness (QED) is 0.795. The predicted octanol–water partition coefficient (Wildman–Crippen LogP) is 2.86. The minimum absolute atomic E-state index is 0.0157. The Morgan fingerprint density at radius 3 is 1.92 bits per heavy atom. The van der Waals surface area contributed by atoms with Gasteiger partial charge in [0.1, 0.15) is 0 Å². The average Bonchev–Trinajstić information content (AvgIpc) is 3.04. The standard InChI is InChI=1S/C19H20N2O3S/c1-2-14-8-10-16(11-9-14)21-18-13-25(23,24)12-17(18)20(19(21)22)15-6-4-3-5-7-15/h3-11,17-18H,2,12-13H2,1H3/t17-,18+/m1/s1. The molecule has 0 N–H and O–H groups in total. The monoisotopic (exact) mass is 356 g/mol. The van der Waals surface area contributed by atoms with E-state index in [1.54, 1.807) is 9.80 Å². The lowest BCUT2D eigenvalue weighted by atomic mass is 10.1. The summed E-state index contributed by atoms with van der Waals surface area (Å²) in [6.45, 7) is 2.08. The fraction of sp³-hybridized carbons (Fsp3) is 0.316.